The van der Waals surface area contributed by atoms with Gasteiger partial charge in [-0.1, -0.05) is 0 Å². The molecule has 0 spiro atoms. The van der Waals surface area contributed by atoms with E-state index in [0.29, 0.717) is 11.8 Å². The number of hydrogen-bond acceptors (Lipinski definition) is 1. The Balaban J connectivity index is 0.00000364. The van der Waals surface area contributed by atoms with E-state index >= 15 is 0 Å². The monoisotopic (exact) mass is 467 g/mol. The van der Waals surface area contributed by atoms with Crippen LogP contribution in [-0.2, 0) is 49.7 Å². The molecule has 0 bridgehead atoms. The molecule has 2 aromatic rings. The van der Waals surface area contributed by atoms with Gasteiger partial charge in [0.15, 0.2) is 0 Å². The Bertz CT molecular complexity index is 808. The Morgan fingerprint density at radius 3 is 2.67 bits per heavy atom. The van der Waals surface area contributed by atoms with E-state index in [1.54, 1.807) is 0 Å². The van der Waals surface area contributed by atoms with E-state index in [0.717, 1.165) is 28.7 Å². The van der Waals surface area contributed by atoms with Gasteiger partial charge >= 0.3 is 201 Å². The summed E-state index contributed by atoms with van der Waals surface area (Å²) in [7, 11) is 0. The Morgan fingerprint density at radius 1 is 1.33 bits per heavy atom. The number of rotatable bonds is 8. The average molecular weight is 467 g/mol. The third-order valence-corrected chi connectivity index (χ3v) is 4.87. The van der Waals surface area contributed by atoms with Gasteiger partial charge in [-0.25, -0.2) is 0 Å². The van der Waals surface area contributed by atoms with E-state index in [1.807, 2.05) is 24.5 Å². The van der Waals surface area contributed by atoms with Crippen LogP contribution in [0.4, 0.5) is 0 Å². The summed E-state index contributed by atoms with van der Waals surface area (Å²) >= 11 is 2.37. The second-order valence-electron chi connectivity index (χ2n) is 6.75. The zero-order valence-corrected chi connectivity index (χ0v) is 20.8. The minimum atomic E-state index is 0. The zero-order chi connectivity index (χ0) is 19.1. The van der Waals surface area contributed by atoms with E-state index in [1.165, 1.54) is 17.2 Å². The molecule has 1 nitrogen and oxygen atoms in total. The van der Waals surface area contributed by atoms with Crippen molar-refractivity contribution in [2.45, 2.75) is 46.0 Å². The normalized spacial score (nSPS) is 12.4. The van der Waals surface area contributed by atoms with Crippen LogP contribution in [0.1, 0.15) is 62.6 Å². The summed E-state index contributed by atoms with van der Waals surface area (Å²) in [6, 6.07) is 10.1. The van der Waals surface area contributed by atoms with Crippen LogP contribution in [0.25, 0.3) is 16.7 Å². The summed E-state index contributed by atoms with van der Waals surface area (Å²) < 4.78 is 3.15. The molecule has 0 N–H and O–H groups in total. The third-order valence-electron chi connectivity index (χ3n) is 4.50. The fraction of sp³-hybridized carbons (Fsp3) is 0.292. The predicted octanol–water partition coefficient (Wildman–Crippen LogP) is 5.99. The second-order valence-corrected chi connectivity index (χ2v) is 7.10. The molecule has 1 atom stereocenters. The number of pyridine rings is 1. The minimum Gasteiger partial charge on any atom is 3.00 e. The van der Waals surface area contributed by atoms with Crippen molar-refractivity contribution in [3.63, 3.8) is 0 Å². The van der Waals surface area contributed by atoms with Gasteiger partial charge in [0.2, 0.25) is 0 Å². The number of nitrogens with zero attached hydrogens (tertiary/aromatic N) is 1. The van der Waals surface area contributed by atoms with Gasteiger partial charge < -0.3 is 0 Å². The van der Waals surface area contributed by atoms with Crippen LogP contribution in [0.5, 0.6) is 0 Å². The molecule has 1 unspecified atom stereocenters. The van der Waals surface area contributed by atoms with Crippen molar-refractivity contribution in [3.8, 4) is 11.1 Å². The van der Waals surface area contributed by atoms with Gasteiger partial charge in [-0.3, -0.25) is 0 Å². The van der Waals surface area contributed by atoms with Gasteiger partial charge in [-0.05, 0) is 0 Å². The van der Waals surface area contributed by atoms with E-state index < -0.39 is 0 Å². The fourth-order valence-corrected chi connectivity index (χ4v) is 3.49. The van der Waals surface area contributed by atoms with Gasteiger partial charge in [-0.2, -0.15) is 0 Å². The molecule has 0 amide bonds. The van der Waals surface area contributed by atoms with Crippen molar-refractivity contribution in [2.75, 3.05) is 0 Å². The van der Waals surface area contributed by atoms with E-state index in [-0.39, 0.29) is 32.7 Å². The Labute approximate surface area is 199 Å². The van der Waals surface area contributed by atoms with Crippen molar-refractivity contribution in [1.29, 1.82) is 0 Å². The van der Waals surface area contributed by atoms with Crippen molar-refractivity contribution in [1.82, 2.24) is 4.98 Å². The van der Waals surface area contributed by atoms with Crippen molar-refractivity contribution < 1.29 is 49.7 Å². The van der Waals surface area contributed by atoms with Gasteiger partial charge in [0.1, 0.15) is 0 Å². The number of aromatic nitrogens is 1. The van der Waals surface area contributed by atoms with Crippen LogP contribution in [0.2, 0.25) is 0 Å². The maximum absolute atomic E-state index is 5.60. The maximum atomic E-state index is 5.60. The minimum absolute atomic E-state index is 0. The topological polar surface area (TPSA) is 12.9 Å². The standard InChI is InChI=1S/C24H25N.V.Y/c1-7-9-18(5)23-15-20(11-12-21(23)17(3)4)22-13-14-25-16-24(22)19(6)10-8-2;;/h2,7-8,10-14,16-18H,9H2,1,3-5H3;;/q-4;;+3/b19-10+;;. The molecule has 135 valence electrons. The molecule has 1 aromatic heterocycles. The first-order chi connectivity index (χ1) is 12.5. The second kappa shape index (κ2) is 12.1. The first kappa shape index (κ1) is 24.4. The Morgan fingerprint density at radius 2 is 2.07 bits per heavy atom. The summed E-state index contributed by atoms with van der Waals surface area (Å²) in [4.78, 5) is 4.29. The largest absolute Gasteiger partial charge is 3.00 e. The fourth-order valence-electron chi connectivity index (χ4n) is 3.19. The van der Waals surface area contributed by atoms with Crippen LogP contribution in [0, 0.1) is 19.1 Å². The molecule has 0 aliphatic heterocycles. The molecule has 1 heterocycles. The molecule has 0 saturated heterocycles. The van der Waals surface area contributed by atoms with Crippen LogP contribution < -0.4 is 0 Å². The Kier molecular flexibility index (Phi) is 10.9. The molecular formula is C24H25NVY-. The molecule has 27 heavy (non-hydrogen) atoms. The van der Waals surface area contributed by atoms with Gasteiger partial charge in [-0.15, -0.1) is 0 Å². The maximum Gasteiger partial charge on any atom is 3.00 e. The first-order valence-electron chi connectivity index (χ1n) is 8.97. The molecule has 0 fully saturated rings. The van der Waals surface area contributed by atoms with E-state index in [9.17, 15) is 0 Å². The summed E-state index contributed by atoms with van der Waals surface area (Å²) in [6.45, 7) is 14.5. The van der Waals surface area contributed by atoms with Crippen LogP contribution in [-0.4, -0.2) is 9.71 Å². The molecule has 1 aromatic carbocycles. The van der Waals surface area contributed by atoms with Gasteiger partial charge in [0.25, 0.3) is 0 Å². The predicted molar refractivity (Wildman–Crippen MR) is 107 cm³/mol. The smallest absolute Gasteiger partial charge is 3.00 e. The molecular weight excluding hydrogens is 442 g/mol. The third kappa shape index (κ3) is 6.19. The van der Waals surface area contributed by atoms with Crippen LogP contribution >= 0.6 is 0 Å². The first-order valence-corrected chi connectivity index (χ1v) is 9.67. The van der Waals surface area contributed by atoms with Crippen LogP contribution in [0.15, 0.2) is 42.7 Å². The average Bonchev–Trinajstić information content (AvgIpc) is 2.65. The van der Waals surface area contributed by atoms with Crippen molar-refractivity contribution in [3.05, 3.63) is 78.5 Å². The Hall–Kier alpha value is -0.592. The molecule has 2 rings (SSSR count). The molecule has 0 aliphatic carbocycles. The van der Waals surface area contributed by atoms with E-state index in [4.69, 9.17) is 6.58 Å². The van der Waals surface area contributed by atoms with E-state index in [2.05, 4.69) is 79.0 Å². The summed E-state index contributed by atoms with van der Waals surface area (Å²) in [5.41, 5.74) is 6.76. The van der Waals surface area contributed by atoms with Crippen molar-refractivity contribution >= 4 is 10.3 Å². The molecule has 0 radical (unpaired) electrons. The van der Waals surface area contributed by atoms with Gasteiger partial charge in [0.05, 0.1) is 0 Å². The number of allylic oxidation sites excluding steroid dienone is 3. The van der Waals surface area contributed by atoms with Crippen LogP contribution in [0.3, 0.4) is 0 Å². The quantitative estimate of drug-likeness (QED) is 0.344. The molecule has 3 heteroatoms. The SMILES string of the molecule is [CH-]=C/C=C(\[C-]=[V])c1cnccc1-c1[c-]c(C(C)C[CH-]C)c(C(C)C)cc1.[Y+3]. The molecule has 0 saturated carbocycles. The molecule has 0 aliphatic rings. The van der Waals surface area contributed by atoms with Gasteiger partial charge in [0, 0.05) is 0 Å². The van der Waals surface area contributed by atoms with Crippen molar-refractivity contribution in [2.24, 2.45) is 0 Å². The summed E-state index contributed by atoms with van der Waals surface area (Å²) in [5, 5.41) is 0. The summed E-state index contributed by atoms with van der Waals surface area (Å²) in [6.07, 6.45) is 10.3. The number of hydrogen-bond donors (Lipinski definition) is 0. The summed E-state index contributed by atoms with van der Waals surface area (Å²) in [5.74, 6) is 0.916. The number of benzene rings is 1. The zero-order valence-electron chi connectivity index (χ0n) is 16.5.